The Morgan fingerprint density at radius 1 is 1.24 bits per heavy atom. The molecule has 0 radical (unpaired) electrons. The lowest BCUT2D eigenvalue weighted by Gasteiger charge is -2.32. The first-order chi connectivity index (χ1) is 13.8. The molecule has 1 aliphatic heterocycles. The van der Waals surface area contributed by atoms with E-state index in [2.05, 4.69) is 25.9 Å². The van der Waals surface area contributed by atoms with E-state index in [1.54, 1.807) is 55.4 Å². The molecule has 0 N–H and O–H groups in total. The molecule has 1 fully saturated rings. The van der Waals surface area contributed by atoms with Gasteiger partial charge in [-0.1, -0.05) is 12.1 Å². The molecule has 1 saturated heterocycles. The molecule has 1 unspecified atom stereocenters. The zero-order chi connectivity index (χ0) is 21.0. The number of piperidine rings is 1. The van der Waals surface area contributed by atoms with Crippen molar-refractivity contribution in [1.82, 2.24) is 14.9 Å². The zero-order valence-corrected chi connectivity index (χ0v) is 18.8. The van der Waals surface area contributed by atoms with Crippen LogP contribution in [-0.2, 0) is 21.1 Å². The van der Waals surface area contributed by atoms with Gasteiger partial charge in [0.2, 0.25) is 5.91 Å². The van der Waals surface area contributed by atoms with E-state index in [0.717, 1.165) is 22.9 Å². The van der Waals surface area contributed by atoms with E-state index in [9.17, 15) is 13.2 Å². The molecule has 0 aliphatic carbocycles. The molecule has 29 heavy (non-hydrogen) atoms. The van der Waals surface area contributed by atoms with Crippen molar-refractivity contribution >= 4 is 31.7 Å². The number of carbonyl (C=O) groups is 1. The van der Waals surface area contributed by atoms with Crippen LogP contribution in [0.15, 0.2) is 46.0 Å². The number of rotatable bonds is 6. The summed E-state index contributed by atoms with van der Waals surface area (Å²) in [5.41, 5.74) is 0.789. The molecule has 9 heteroatoms. The molecule has 1 aliphatic rings. The summed E-state index contributed by atoms with van der Waals surface area (Å²) in [6, 6.07) is 6.87. The van der Waals surface area contributed by atoms with Crippen molar-refractivity contribution in [2.24, 2.45) is 0 Å². The van der Waals surface area contributed by atoms with Gasteiger partial charge in [0.1, 0.15) is 6.10 Å². The van der Waals surface area contributed by atoms with Gasteiger partial charge in [0.15, 0.2) is 9.84 Å². The van der Waals surface area contributed by atoms with E-state index < -0.39 is 15.1 Å². The summed E-state index contributed by atoms with van der Waals surface area (Å²) in [6.45, 7) is 4.47. The van der Waals surface area contributed by atoms with Crippen LogP contribution in [0.2, 0.25) is 0 Å². The van der Waals surface area contributed by atoms with E-state index in [1.165, 1.54) is 0 Å². The van der Waals surface area contributed by atoms with E-state index in [0.29, 0.717) is 19.1 Å². The Morgan fingerprint density at radius 3 is 2.52 bits per heavy atom. The van der Waals surface area contributed by atoms with Crippen molar-refractivity contribution in [3.8, 4) is 6.01 Å². The summed E-state index contributed by atoms with van der Waals surface area (Å²) in [6.07, 6.45) is 5.01. The highest BCUT2D eigenvalue weighted by molar-refractivity contribution is 9.10. The first-order valence-corrected chi connectivity index (χ1v) is 11.8. The third kappa shape index (κ3) is 5.54. The maximum absolute atomic E-state index is 12.7. The Balaban J connectivity index is 1.59. The Kier molecular flexibility index (Phi) is 6.89. The van der Waals surface area contributed by atoms with Gasteiger partial charge in [0.25, 0.3) is 0 Å². The lowest BCUT2D eigenvalue weighted by atomic mass is 10.1. The molecule has 0 bridgehead atoms. The molecule has 1 aromatic carbocycles. The van der Waals surface area contributed by atoms with Crippen LogP contribution in [0.1, 0.15) is 32.3 Å². The number of aromatic nitrogens is 2. The Bertz CT molecular complexity index is 947. The zero-order valence-electron chi connectivity index (χ0n) is 16.4. The summed E-state index contributed by atoms with van der Waals surface area (Å²) >= 11 is 3.29. The van der Waals surface area contributed by atoms with Gasteiger partial charge in [-0.3, -0.25) is 4.79 Å². The monoisotopic (exact) mass is 481 g/mol. The van der Waals surface area contributed by atoms with Crippen LogP contribution in [0.3, 0.4) is 0 Å². The molecule has 1 amide bonds. The number of nitrogens with zero attached hydrogens (tertiary/aromatic N) is 3. The number of benzene rings is 1. The highest BCUT2D eigenvalue weighted by Gasteiger charge is 2.26. The first-order valence-electron chi connectivity index (χ1n) is 9.50. The van der Waals surface area contributed by atoms with Crippen LogP contribution in [0.25, 0.3) is 0 Å². The number of carbonyl (C=O) groups excluding carboxylic acids is 1. The average Bonchev–Trinajstić information content (AvgIpc) is 2.70. The van der Waals surface area contributed by atoms with Gasteiger partial charge in [0, 0.05) is 18.9 Å². The number of ether oxygens (including phenoxy) is 1. The fraction of sp³-hybridized carbons (Fsp3) is 0.450. The van der Waals surface area contributed by atoms with Crippen LogP contribution in [0.5, 0.6) is 6.01 Å². The SMILES string of the molecule is CC(C)S(=O)(=O)c1ccc(CC(=O)N2CCCC(Oc3ncc(Br)cn3)C2)cc1. The predicted molar refractivity (Wildman–Crippen MR) is 112 cm³/mol. The largest absolute Gasteiger partial charge is 0.458 e. The Morgan fingerprint density at radius 2 is 1.90 bits per heavy atom. The predicted octanol–water partition coefficient (Wildman–Crippen LogP) is 3.03. The van der Waals surface area contributed by atoms with Crippen LogP contribution in [0, 0.1) is 0 Å². The summed E-state index contributed by atoms with van der Waals surface area (Å²) in [5, 5.41) is -0.477. The highest BCUT2D eigenvalue weighted by atomic mass is 79.9. The van der Waals surface area contributed by atoms with E-state index in [-0.39, 0.29) is 23.3 Å². The second-order valence-electron chi connectivity index (χ2n) is 7.32. The molecule has 2 aromatic rings. The first kappa shape index (κ1) is 21.7. The van der Waals surface area contributed by atoms with Crippen molar-refractivity contribution in [3.63, 3.8) is 0 Å². The topological polar surface area (TPSA) is 89.5 Å². The van der Waals surface area contributed by atoms with Crippen LogP contribution < -0.4 is 4.74 Å². The van der Waals surface area contributed by atoms with Gasteiger partial charge >= 0.3 is 6.01 Å². The average molecular weight is 482 g/mol. The van der Waals surface area contributed by atoms with Crippen LogP contribution in [0.4, 0.5) is 0 Å². The van der Waals surface area contributed by atoms with Gasteiger partial charge < -0.3 is 9.64 Å². The van der Waals surface area contributed by atoms with E-state index >= 15 is 0 Å². The van der Waals surface area contributed by atoms with Gasteiger partial charge in [0.05, 0.1) is 27.6 Å². The van der Waals surface area contributed by atoms with Crippen molar-refractivity contribution in [2.45, 2.75) is 49.4 Å². The minimum absolute atomic E-state index is 0.00510. The molecule has 0 saturated carbocycles. The summed E-state index contributed by atoms with van der Waals surface area (Å²) in [5.74, 6) is -0.00510. The van der Waals surface area contributed by atoms with Gasteiger partial charge in [-0.25, -0.2) is 18.4 Å². The summed E-state index contributed by atoms with van der Waals surface area (Å²) in [4.78, 5) is 23.0. The van der Waals surface area contributed by atoms with E-state index in [4.69, 9.17) is 4.74 Å². The summed E-state index contributed by atoms with van der Waals surface area (Å²) in [7, 11) is -3.31. The molecular formula is C20H24BrN3O4S. The molecule has 0 spiro atoms. The Hall–Kier alpha value is -2.00. The lowest BCUT2D eigenvalue weighted by molar-refractivity contribution is -0.133. The second-order valence-corrected chi connectivity index (χ2v) is 10.7. The smallest absolute Gasteiger partial charge is 0.316 e. The lowest BCUT2D eigenvalue weighted by Crippen LogP contribution is -2.45. The fourth-order valence-electron chi connectivity index (χ4n) is 3.13. The minimum atomic E-state index is -3.31. The number of hydrogen-bond acceptors (Lipinski definition) is 6. The molecule has 1 aromatic heterocycles. The maximum atomic E-state index is 12.7. The molecule has 2 heterocycles. The van der Waals surface area contributed by atoms with Crippen molar-refractivity contribution in [3.05, 3.63) is 46.7 Å². The second kappa shape index (κ2) is 9.21. The molecule has 1 atom stereocenters. The quantitative estimate of drug-likeness (QED) is 0.629. The third-order valence-corrected chi connectivity index (χ3v) is 7.41. The number of likely N-dealkylation sites (tertiary alicyclic amines) is 1. The van der Waals surface area contributed by atoms with Crippen molar-refractivity contribution in [2.75, 3.05) is 13.1 Å². The van der Waals surface area contributed by atoms with Gasteiger partial charge in [-0.2, -0.15) is 0 Å². The van der Waals surface area contributed by atoms with Crippen molar-refractivity contribution < 1.29 is 17.9 Å². The summed E-state index contributed by atoms with van der Waals surface area (Å²) < 4.78 is 31.0. The fourth-order valence-corrected chi connectivity index (χ4v) is 4.39. The minimum Gasteiger partial charge on any atom is -0.458 e. The number of halogens is 1. The van der Waals surface area contributed by atoms with Crippen LogP contribution >= 0.6 is 15.9 Å². The molecule has 156 valence electrons. The third-order valence-electron chi connectivity index (χ3n) is 4.83. The normalized spacial score (nSPS) is 17.4. The van der Waals surface area contributed by atoms with Gasteiger partial charge in [-0.05, 0) is 60.3 Å². The van der Waals surface area contributed by atoms with Crippen LogP contribution in [-0.4, -0.2) is 53.6 Å². The molecular weight excluding hydrogens is 458 g/mol. The van der Waals surface area contributed by atoms with Crippen molar-refractivity contribution in [1.29, 1.82) is 0 Å². The number of amides is 1. The maximum Gasteiger partial charge on any atom is 0.316 e. The Labute approximate surface area is 179 Å². The molecule has 7 nitrogen and oxygen atoms in total. The van der Waals surface area contributed by atoms with E-state index in [1.807, 2.05) is 0 Å². The number of hydrogen-bond donors (Lipinski definition) is 0. The number of sulfone groups is 1. The molecule has 3 rings (SSSR count). The highest BCUT2D eigenvalue weighted by Crippen LogP contribution is 2.19. The standard InChI is InChI=1S/C20H24BrN3O4S/c1-14(2)29(26,27)18-7-5-15(6-8-18)10-19(25)24-9-3-4-17(13-24)28-20-22-11-16(21)12-23-20/h5-8,11-12,14,17H,3-4,9-10,13H2,1-2H3. The van der Waals surface area contributed by atoms with Gasteiger partial charge in [-0.15, -0.1) is 0 Å².